The van der Waals surface area contributed by atoms with E-state index >= 15 is 0 Å². The highest BCUT2D eigenvalue weighted by Gasteiger charge is 2.35. The molecule has 0 saturated heterocycles. The van der Waals surface area contributed by atoms with Gasteiger partial charge in [0, 0.05) is 12.1 Å². The number of nitrogens with one attached hydrogen (secondary N) is 1. The summed E-state index contributed by atoms with van der Waals surface area (Å²) in [4.78, 5) is 23.3. The Bertz CT molecular complexity index is 500. The van der Waals surface area contributed by atoms with Gasteiger partial charge in [-0.1, -0.05) is 31.0 Å². The van der Waals surface area contributed by atoms with E-state index in [0.717, 1.165) is 12.8 Å². The van der Waals surface area contributed by atoms with Crippen LogP contribution in [0.5, 0.6) is 5.75 Å². The Hall–Kier alpha value is -2.04. The minimum Gasteiger partial charge on any atom is -0.508 e. The summed E-state index contributed by atoms with van der Waals surface area (Å²) in [6.07, 6.45) is 2.92. The maximum absolute atomic E-state index is 12.1. The zero-order valence-corrected chi connectivity index (χ0v) is 11.2. The summed E-state index contributed by atoms with van der Waals surface area (Å²) in [6.45, 7) is 0.217. The van der Waals surface area contributed by atoms with Gasteiger partial charge in [-0.05, 0) is 18.9 Å². The zero-order valence-electron chi connectivity index (χ0n) is 11.2. The molecule has 0 aromatic heterocycles. The molecule has 1 aromatic rings. The number of amides is 1. The number of phenolic OH excluding ortho intramolecular Hbond substituents is 1. The average Bonchev–Trinajstić information content (AvgIpc) is 2.46. The molecule has 0 bridgehead atoms. The third-order valence-corrected chi connectivity index (χ3v) is 3.86. The molecule has 0 aliphatic heterocycles. The third kappa shape index (κ3) is 3.29. The molecule has 20 heavy (non-hydrogen) atoms. The fourth-order valence-electron chi connectivity index (χ4n) is 2.71. The van der Waals surface area contributed by atoms with E-state index < -0.39 is 17.8 Å². The topological polar surface area (TPSA) is 86.6 Å². The average molecular weight is 277 g/mol. The lowest BCUT2D eigenvalue weighted by atomic mass is 9.78. The second-order valence-electron chi connectivity index (χ2n) is 5.18. The van der Waals surface area contributed by atoms with Crippen molar-refractivity contribution in [1.29, 1.82) is 0 Å². The molecule has 3 N–H and O–H groups in total. The summed E-state index contributed by atoms with van der Waals surface area (Å²) in [7, 11) is 0. The van der Waals surface area contributed by atoms with Crippen molar-refractivity contribution in [2.24, 2.45) is 11.8 Å². The number of aliphatic carboxylic acids is 1. The summed E-state index contributed by atoms with van der Waals surface area (Å²) in [6, 6.07) is 6.78. The number of para-hydroxylation sites is 1. The summed E-state index contributed by atoms with van der Waals surface area (Å²) in [5, 5.41) is 21.5. The monoisotopic (exact) mass is 277 g/mol. The van der Waals surface area contributed by atoms with Crippen LogP contribution in [0.4, 0.5) is 0 Å². The second-order valence-corrected chi connectivity index (χ2v) is 5.18. The maximum Gasteiger partial charge on any atom is 0.307 e. The Morgan fingerprint density at radius 3 is 2.45 bits per heavy atom. The van der Waals surface area contributed by atoms with Crippen LogP contribution in [0.1, 0.15) is 31.2 Å². The lowest BCUT2D eigenvalue weighted by Crippen LogP contribution is -2.39. The van der Waals surface area contributed by atoms with Gasteiger partial charge in [-0.2, -0.15) is 0 Å². The predicted molar refractivity (Wildman–Crippen MR) is 73.0 cm³/mol. The zero-order chi connectivity index (χ0) is 14.5. The molecule has 1 aromatic carbocycles. The molecular weight excluding hydrogens is 258 g/mol. The van der Waals surface area contributed by atoms with E-state index in [1.807, 2.05) is 0 Å². The molecule has 1 amide bonds. The van der Waals surface area contributed by atoms with Gasteiger partial charge in [0.15, 0.2) is 0 Å². The van der Waals surface area contributed by atoms with Gasteiger partial charge in [0.2, 0.25) is 5.91 Å². The van der Waals surface area contributed by atoms with E-state index in [1.54, 1.807) is 24.3 Å². The van der Waals surface area contributed by atoms with Crippen molar-refractivity contribution >= 4 is 11.9 Å². The lowest BCUT2D eigenvalue weighted by Gasteiger charge is -2.27. The van der Waals surface area contributed by atoms with Crippen LogP contribution >= 0.6 is 0 Å². The first-order chi connectivity index (χ1) is 9.59. The molecule has 0 unspecified atom stereocenters. The molecule has 5 nitrogen and oxygen atoms in total. The molecule has 1 saturated carbocycles. The Morgan fingerprint density at radius 2 is 1.80 bits per heavy atom. The Morgan fingerprint density at radius 1 is 1.15 bits per heavy atom. The predicted octanol–water partition coefficient (Wildman–Crippen LogP) is 1.90. The smallest absolute Gasteiger partial charge is 0.307 e. The highest BCUT2D eigenvalue weighted by molar-refractivity contribution is 5.84. The van der Waals surface area contributed by atoms with Gasteiger partial charge in [-0.15, -0.1) is 0 Å². The minimum absolute atomic E-state index is 0.131. The standard InChI is InChI=1S/C15H19NO4/c17-13-8-4-1-5-10(13)9-16-14(18)11-6-2-3-7-12(11)15(19)20/h1,4-5,8,11-12,17H,2-3,6-7,9H2,(H,16,18)(H,19,20)/t11-,12+/m1/s1. The summed E-state index contributed by atoms with van der Waals surface area (Å²) in [5.74, 6) is -2.06. The van der Waals surface area contributed by atoms with E-state index in [9.17, 15) is 14.7 Å². The molecule has 1 aliphatic carbocycles. The Labute approximate surface area is 117 Å². The van der Waals surface area contributed by atoms with Crippen molar-refractivity contribution in [3.8, 4) is 5.75 Å². The van der Waals surface area contributed by atoms with Crippen LogP contribution in [0.25, 0.3) is 0 Å². The number of benzene rings is 1. The number of carbonyl (C=O) groups excluding carboxylic acids is 1. The molecule has 2 rings (SSSR count). The summed E-state index contributed by atoms with van der Waals surface area (Å²) < 4.78 is 0. The fraction of sp³-hybridized carbons (Fsp3) is 0.467. The fourth-order valence-corrected chi connectivity index (χ4v) is 2.71. The number of carbonyl (C=O) groups is 2. The number of hydrogen-bond acceptors (Lipinski definition) is 3. The van der Waals surface area contributed by atoms with Crippen LogP contribution in [0.2, 0.25) is 0 Å². The number of carboxylic acids is 1. The third-order valence-electron chi connectivity index (χ3n) is 3.86. The molecule has 1 aliphatic rings. The number of aromatic hydroxyl groups is 1. The first kappa shape index (κ1) is 14.4. The van der Waals surface area contributed by atoms with Crippen molar-refractivity contribution in [2.45, 2.75) is 32.2 Å². The highest BCUT2D eigenvalue weighted by Crippen LogP contribution is 2.30. The highest BCUT2D eigenvalue weighted by atomic mass is 16.4. The van der Waals surface area contributed by atoms with Gasteiger partial charge in [-0.3, -0.25) is 9.59 Å². The van der Waals surface area contributed by atoms with Crippen molar-refractivity contribution in [3.05, 3.63) is 29.8 Å². The normalized spacial score (nSPS) is 22.2. The summed E-state index contributed by atoms with van der Waals surface area (Å²) >= 11 is 0. The van der Waals surface area contributed by atoms with E-state index in [2.05, 4.69) is 5.32 Å². The Balaban J connectivity index is 1.97. The summed E-state index contributed by atoms with van der Waals surface area (Å²) in [5.41, 5.74) is 0.628. The molecule has 108 valence electrons. The first-order valence-electron chi connectivity index (χ1n) is 6.87. The van der Waals surface area contributed by atoms with Gasteiger partial charge >= 0.3 is 5.97 Å². The molecule has 1 fully saturated rings. The van der Waals surface area contributed by atoms with E-state index in [0.29, 0.717) is 18.4 Å². The van der Waals surface area contributed by atoms with Gasteiger partial charge in [0.05, 0.1) is 11.8 Å². The lowest BCUT2D eigenvalue weighted by molar-refractivity contribution is -0.148. The SMILES string of the molecule is O=C(O)[C@H]1CCCC[C@H]1C(=O)NCc1ccccc1O. The van der Waals surface area contributed by atoms with E-state index in [-0.39, 0.29) is 18.2 Å². The second kappa shape index (κ2) is 6.41. The van der Waals surface area contributed by atoms with E-state index in [4.69, 9.17) is 5.11 Å². The van der Waals surface area contributed by atoms with Gasteiger partial charge in [-0.25, -0.2) is 0 Å². The van der Waals surface area contributed by atoms with Crippen LogP contribution in [0.15, 0.2) is 24.3 Å². The van der Waals surface area contributed by atoms with Crippen molar-refractivity contribution in [2.75, 3.05) is 0 Å². The van der Waals surface area contributed by atoms with Crippen LogP contribution in [-0.2, 0) is 16.1 Å². The molecule has 2 atom stereocenters. The number of hydrogen-bond donors (Lipinski definition) is 3. The number of carboxylic acid groups (broad SMARTS) is 1. The van der Waals surface area contributed by atoms with Gasteiger partial charge in [0.1, 0.15) is 5.75 Å². The molecular formula is C15H19NO4. The minimum atomic E-state index is -0.896. The van der Waals surface area contributed by atoms with Crippen LogP contribution < -0.4 is 5.32 Å². The quantitative estimate of drug-likeness (QED) is 0.784. The maximum atomic E-state index is 12.1. The van der Waals surface area contributed by atoms with Crippen molar-refractivity contribution in [1.82, 2.24) is 5.32 Å². The van der Waals surface area contributed by atoms with Gasteiger partial charge < -0.3 is 15.5 Å². The van der Waals surface area contributed by atoms with Crippen molar-refractivity contribution in [3.63, 3.8) is 0 Å². The Kier molecular flexibility index (Phi) is 4.61. The number of phenols is 1. The molecule has 0 heterocycles. The van der Waals surface area contributed by atoms with Crippen LogP contribution in [0.3, 0.4) is 0 Å². The molecule has 0 spiro atoms. The van der Waals surface area contributed by atoms with Crippen LogP contribution in [-0.4, -0.2) is 22.1 Å². The number of rotatable bonds is 4. The first-order valence-corrected chi connectivity index (χ1v) is 6.87. The molecule has 0 radical (unpaired) electrons. The van der Waals surface area contributed by atoms with E-state index in [1.165, 1.54) is 0 Å². The van der Waals surface area contributed by atoms with Gasteiger partial charge in [0.25, 0.3) is 0 Å². The largest absolute Gasteiger partial charge is 0.508 e. The van der Waals surface area contributed by atoms with Crippen molar-refractivity contribution < 1.29 is 19.8 Å². The van der Waals surface area contributed by atoms with Crippen LogP contribution in [0, 0.1) is 11.8 Å². The molecule has 5 heteroatoms.